The van der Waals surface area contributed by atoms with Crippen molar-refractivity contribution in [1.82, 2.24) is 0 Å². The van der Waals surface area contributed by atoms with Crippen molar-refractivity contribution in [3.05, 3.63) is 0 Å². The Hall–Kier alpha value is 0.176. The van der Waals surface area contributed by atoms with Crippen molar-refractivity contribution >= 4 is 10.4 Å². The van der Waals surface area contributed by atoms with Crippen LogP contribution in [0.4, 0.5) is 0 Å². The largest absolute Gasteiger partial charge is 2.00 e. The van der Waals surface area contributed by atoms with E-state index < -0.39 is 10.4 Å². The van der Waals surface area contributed by atoms with E-state index in [1.165, 1.54) is 0 Å². The van der Waals surface area contributed by atoms with E-state index in [-0.39, 0.29) is 44.2 Å². The molecule has 0 aromatic carbocycles. The van der Waals surface area contributed by atoms with Crippen LogP contribution < -0.4 is 0 Å². The molecule has 11 heteroatoms. The normalized spacial score (nSPS) is 5.27. The van der Waals surface area contributed by atoms with Gasteiger partial charge in [0.15, 0.2) is 0 Å². The second-order valence-corrected chi connectivity index (χ2v) is 1.22. The molecule has 0 saturated heterocycles. The topological polar surface area (TPSA) is 238 Å². The van der Waals surface area contributed by atoms with E-state index in [4.69, 9.17) is 17.5 Å². The Bertz CT molecular complexity index is 92.7. The maximum Gasteiger partial charge on any atom is 2.00 e. The van der Waals surface area contributed by atoms with Gasteiger partial charge in [-0.05, 0) is 0 Å². The molecule has 0 aliphatic rings. The molecule has 9 nitrogen and oxygen atoms in total. The van der Waals surface area contributed by atoms with Crippen LogP contribution in [0.5, 0.6) is 0 Å². The summed E-state index contributed by atoms with van der Waals surface area (Å²) in [7, 11) is -5.17. The molecule has 0 rings (SSSR count). The van der Waals surface area contributed by atoms with Gasteiger partial charge in [0.1, 0.15) is 0 Å². The van der Waals surface area contributed by atoms with Crippen LogP contribution >= 0.6 is 0 Å². The standard InChI is InChI=1S/Co.H2O4S.5H2O/c;1-5(2,3)4;;;;;/h;(H2,1,2,3,4);5*1H2/q+2;;;;;;/p-2. The van der Waals surface area contributed by atoms with Gasteiger partial charge in [-0.3, -0.25) is 8.42 Å². The van der Waals surface area contributed by atoms with Gasteiger partial charge in [-0.2, -0.15) is 0 Å². The third-order valence-corrected chi connectivity index (χ3v) is 0. The van der Waals surface area contributed by atoms with Crippen molar-refractivity contribution in [2.75, 3.05) is 0 Å². The van der Waals surface area contributed by atoms with E-state index in [1.807, 2.05) is 0 Å². The van der Waals surface area contributed by atoms with Crippen LogP contribution in [0.3, 0.4) is 0 Å². The molecule has 0 bridgehead atoms. The summed E-state index contributed by atoms with van der Waals surface area (Å²) in [6.07, 6.45) is 0. The minimum atomic E-state index is -5.17. The van der Waals surface area contributed by atoms with Crippen molar-refractivity contribution in [3.63, 3.8) is 0 Å². The van der Waals surface area contributed by atoms with E-state index in [0.717, 1.165) is 0 Å². The van der Waals surface area contributed by atoms with Gasteiger partial charge in [0, 0.05) is 10.4 Å². The van der Waals surface area contributed by atoms with Crippen LogP contribution in [-0.4, -0.2) is 44.9 Å². The Kier molecular flexibility index (Phi) is 136. The first-order valence-corrected chi connectivity index (χ1v) is 2.00. The first-order chi connectivity index (χ1) is 2.00. The van der Waals surface area contributed by atoms with Gasteiger partial charge in [0.25, 0.3) is 0 Å². The smallest absolute Gasteiger partial charge is 0.759 e. The van der Waals surface area contributed by atoms with Crippen LogP contribution in [-0.2, 0) is 27.2 Å². The van der Waals surface area contributed by atoms with E-state index in [1.54, 1.807) is 0 Å². The van der Waals surface area contributed by atoms with Crippen molar-refractivity contribution in [2.24, 2.45) is 0 Å². The second-order valence-electron chi connectivity index (χ2n) is 0.408. The van der Waals surface area contributed by atoms with Crippen LogP contribution in [0, 0.1) is 0 Å². The summed E-state index contributed by atoms with van der Waals surface area (Å²) in [5.41, 5.74) is 0. The van der Waals surface area contributed by atoms with Gasteiger partial charge in [-0.15, -0.1) is 0 Å². The molecule has 11 heavy (non-hydrogen) atoms. The third-order valence-electron chi connectivity index (χ3n) is 0. The van der Waals surface area contributed by atoms with Gasteiger partial charge in [-0.25, -0.2) is 0 Å². The fourth-order valence-corrected chi connectivity index (χ4v) is 0. The maximum absolute atomic E-state index is 8.52. The zero-order valence-electron chi connectivity index (χ0n) is 4.87. The van der Waals surface area contributed by atoms with E-state index in [9.17, 15) is 0 Å². The molecule has 0 atom stereocenters. The summed E-state index contributed by atoms with van der Waals surface area (Å²) >= 11 is 0. The molecular weight excluding hydrogens is 235 g/mol. The average Bonchev–Trinajstić information content (AvgIpc) is 0.722. The summed E-state index contributed by atoms with van der Waals surface area (Å²) in [5.74, 6) is 0. The molecule has 0 fully saturated rings. The summed E-state index contributed by atoms with van der Waals surface area (Å²) in [6.45, 7) is 0. The van der Waals surface area contributed by atoms with Crippen molar-refractivity contribution < 1.29 is 61.7 Å². The van der Waals surface area contributed by atoms with Gasteiger partial charge in [0.2, 0.25) is 0 Å². The van der Waals surface area contributed by atoms with Gasteiger partial charge in [-0.1, -0.05) is 0 Å². The Morgan fingerprint density at radius 2 is 0.727 bits per heavy atom. The van der Waals surface area contributed by atoms with Gasteiger partial charge in [0.05, 0.1) is 0 Å². The zero-order chi connectivity index (χ0) is 4.50. The molecule has 10 N–H and O–H groups in total. The van der Waals surface area contributed by atoms with E-state index in [2.05, 4.69) is 0 Å². The van der Waals surface area contributed by atoms with E-state index in [0.29, 0.717) is 0 Å². The molecule has 0 aromatic rings. The van der Waals surface area contributed by atoms with Gasteiger partial charge >= 0.3 is 16.8 Å². The predicted molar refractivity (Wildman–Crippen MR) is 28.5 cm³/mol. The molecule has 0 spiro atoms. The number of rotatable bonds is 0. The fraction of sp³-hybridized carbons (Fsp3) is 0. The first-order valence-electron chi connectivity index (χ1n) is 0.667. The molecule has 0 heterocycles. The van der Waals surface area contributed by atoms with Crippen molar-refractivity contribution in [3.8, 4) is 0 Å². The fourth-order valence-electron chi connectivity index (χ4n) is 0. The molecule has 0 saturated carbocycles. The summed E-state index contributed by atoms with van der Waals surface area (Å²) in [4.78, 5) is 0. The van der Waals surface area contributed by atoms with Crippen molar-refractivity contribution in [1.29, 1.82) is 0 Å². The molecule has 0 unspecified atom stereocenters. The Morgan fingerprint density at radius 1 is 0.727 bits per heavy atom. The zero-order valence-corrected chi connectivity index (χ0v) is 6.73. The van der Waals surface area contributed by atoms with Crippen LogP contribution in [0.25, 0.3) is 0 Å². The van der Waals surface area contributed by atoms with Crippen LogP contribution in [0.2, 0.25) is 0 Å². The Balaban J connectivity index is -0.00000000533. The Labute approximate surface area is 72.7 Å². The molecule has 0 aromatic heterocycles. The monoisotopic (exact) mass is 245 g/mol. The van der Waals surface area contributed by atoms with Gasteiger partial charge < -0.3 is 36.5 Å². The quantitative estimate of drug-likeness (QED) is 0.299. The SMILES string of the molecule is O.O.O.O.O.O=S(=O)([O-])[O-].[Co+2]. The molecule has 1 radical (unpaired) electrons. The predicted octanol–water partition coefficient (Wildman–Crippen LogP) is -5.46. The minimum absolute atomic E-state index is 0. The number of hydrogen-bond donors (Lipinski definition) is 0. The molecule has 0 amide bonds. The maximum atomic E-state index is 8.52. The molecular formula is H10CoO9S. The van der Waals surface area contributed by atoms with Crippen molar-refractivity contribution in [2.45, 2.75) is 0 Å². The Morgan fingerprint density at radius 3 is 0.727 bits per heavy atom. The molecule has 0 aliphatic carbocycles. The second kappa shape index (κ2) is 22.5. The third kappa shape index (κ3) is 21800. The van der Waals surface area contributed by atoms with Crippen LogP contribution in [0.15, 0.2) is 0 Å². The van der Waals surface area contributed by atoms with Crippen LogP contribution in [0.1, 0.15) is 0 Å². The number of hydrogen-bond acceptors (Lipinski definition) is 4. The summed E-state index contributed by atoms with van der Waals surface area (Å²) < 4.78 is 34.1. The summed E-state index contributed by atoms with van der Waals surface area (Å²) in [5, 5.41) is 0. The molecule has 0 aliphatic heterocycles. The molecule has 79 valence electrons. The average molecular weight is 245 g/mol. The first kappa shape index (κ1) is 66.4. The van der Waals surface area contributed by atoms with E-state index >= 15 is 0 Å². The summed E-state index contributed by atoms with van der Waals surface area (Å²) in [6, 6.07) is 0. The minimum Gasteiger partial charge on any atom is -0.759 e.